The van der Waals surface area contributed by atoms with Crippen LogP contribution in [-0.4, -0.2) is 36.0 Å². The first-order valence-corrected chi connectivity index (χ1v) is 8.20. The number of nitrogens with zero attached hydrogens (tertiary/aromatic N) is 1. The van der Waals surface area contributed by atoms with Gasteiger partial charge in [-0.1, -0.05) is 0 Å². The molecular formula is C16H19F6N3O2. The van der Waals surface area contributed by atoms with Crippen LogP contribution >= 0.6 is 0 Å². The van der Waals surface area contributed by atoms with Crippen molar-refractivity contribution in [3.8, 4) is 5.88 Å². The van der Waals surface area contributed by atoms with Crippen molar-refractivity contribution < 1.29 is 35.9 Å². The van der Waals surface area contributed by atoms with Crippen molar-refractivity contribution in [1.29, 1.82) is 0 Å². The van der Waals surface area contributed by atoms with Crippen molar-refractivity contribution in [2.24, 2.45) is 5.41 Å². The summed E-state index contributed by atoms with van der Waals surface area (Å²) in [6.45, 7) is 0.669. The van der Waals surface area contributed by atoms with Gasteiger partial charge in [0, 0.05) is 25.4 Å². The molecular weight excluding hydrogens is 380 g/mol. The van der Waals surface area contributed by atoms with Crippen LogP contribution in [0, 0.1) is 5.41 Å². The molecule has 1 aliphatic carbocycles. The Hall–Kier alpha value is -2.20. The molecule has 2 N–H and O–H groups in total. The maximum atomic E-state index is 12.8. The first kappa shape index (κ1) is 21.1. The van der Waals surface area contributed by atoms with Crippen LogP contribution in [0.2, 0.25) is 0 Å². The minimum absolute atomic E-state index is 0.0461. The fraction of sp³-hybridized carbons (Fsp3) is 0.625. The van der Waals surface area contributed by atoms with Gasteiger partial charge in [0.2, 0.25) is 5.88 Å². The lowest BCUT2D eigenvalue weighted by Crippen LogP contribution is -2.37. The van der Waals surface area contributed by atoms with Crippen LogP contribution in [0.1, 0.15) is 31.7 Å². The Bertz CT molecular complexity index is 658. The molecule has 1 saturated carbocycles. The molecule has 0 aromatic carbocycles. The SMILES string of the molecule is C[C@@H](Oc1cc(CNC(=O)NCCC2(C(F)(F)F)CC2)ccn1)C(F)(F)F. The summed E-state index contributed by atoms with van der Waals surface area (Å²) in [7, 11) is 0. The summed E-state index contributed by atoms with van der Waals surface area (Å²) >= 11 is 0. The van der Waals surface area contributed by atoms with Crippen LogP contribution in [0.25, 0.3) is 0 Å². The molecule has 1 aromatic rings. The number of hydrogen-bond acceptors (Lipinski definition) is 3. The zero-order valence-corrected chi connectivity index (χ0v) is 14.4. The number of aromatic nitrogens is 1. The lowest BCUT2D eigenvalue weighted by atomic mass is 10.0. The van der Waals surface area contributed by atoms with Crippen molar-refractivity contribution in [1.82, 2.24) is 15.6 Å². The van der Waals surface area contributed by atoms with E-state index in [4.69, 9.17) is 4.74 Å². The Morgan fingerprint density at radius 1 is 1.26 bits per heavy atom. The smallest absolute Gasteiger partial charge is 0.425 e. The van der Waals surface area contributed by atoms with Crippen molar-refractivity contribution >= 4 is 6.03 Å². The zero-order chi connectivity index (χ0) is 20.3. The zero-order valence-electron chi connectivity index (χ0n) is 14.4. The molecule has 2 rings (SSSR count). The van der Waals surface area contributed by atoms with E-state index in [1.165, 1.54) is 18.3 Å². The molecule has 0 spiro atoms. The second-order valence-corrected chi connectivity index (χ2v) is 6.44. The first-order valence-electron chi connectivity index (χ1n) is 8.20. The number of halogens is 6. The molecule has 2 amide bonds. The third-order valence-corrected chi connectivity index (χ3v) is 4.35. The summed E-state index contributed by atoms with van der Waals surface area (Å²) in [5, 5.41) is 4.76. The van der Waals surface area contributed by atoms with Gasteiger partial charge >= 0.3 is 18.4 Å². The van der Waals surface area contributed by atoms with Crippen molar-refractivity contribution in [2.45, 2.75) is 51.2 Å². The van der Waals surface area contributed by atoms with Crippen LogP contribution in [0.3, 0.4) is 0 Å². The van der Waals surface area contributed by atoms with Crippen LogP contribution in [-0.2, 0) is 6.54 Å². The topological polar surface area (TPSA) is 63.2 Å². The highest BCUT2D eigenvalue weighted by Crippen LogP contribution is 2.59. The molecule has 1 atom stereocenters. The molecule has 1 fully saturated rings. The van der Waals surface area contributed by atoms with E-state index < -0.39 is 29.9 Å². The van der Waals surface area contributed by atoms with Gasteiger partial charge < -0.3 is 15.4 Å². The Morgan fingerprint density at radius 2 is 1.93 bits per heavy atom. The highest BCUT2D eigenvalue weighted by Gasteiger charge is 2.62. The predicted molar refractivity (Wildman–Crippen MR) is 83.0 cm³/mol. The number of pyridine rings is 1. The Kier molecular flexibility index (Phi) is 6.10. The second kappa shape index (κ2) is 7.81. The Labute approximate surface area is 151 Å². The summed E-state index contributed by atoms with van der Waals surface area (Å²) in [5.74, 6) is -0.250. The van der Waals surface area contributed by atoms with Crippen molar-refractivity contribution in [3.63, 3.8) is 0 Å². The molecule has 5 nitrogen and oxygen atoms in total. The average molecular weight is 399 g/mol. The number of amides is 2. The first-order chi connectivity index (χ1) is 12.4. The summed E-state index contributed by atoms with van der Waals surface area (Å²) < 4.78 is 80.5. The minimum atomic E-state index is -4.54. The summed E-state index contributed by atoms with van der Waals surface area (Å²) in [4.78, 5) is 15.3. The monoisotopic (exact) mass is 399 g/mol. The lowest BCUT2D eigenvalue weighted by molar-refractivity contribution is -0.190. The number of carbonyl (C=O) groups excluding carboxylic acids is 1. The maximum Gasteiger partial charge on any atom is 0.425 e. The fourth-order valence-corrected chi connectivity index (χ4v) is 2.36. The normalized spacial score (nSPS) is 17.1. The van der Waals surface area contributed by atoms with Gasteiger partial charge in [0.25, 0.3) is 0 Å². The molecule has 0 bridgehead atoms. The summed E-state index contributed by atoms with van der Waals surface area (Å²) in [6.07, 6.45) is -9.68. The number of hydrogen-bond donors (Lipinski definition) is 2. The highest BCUT2D eigenvalue weighted by atomic mass is 19.4. The standard InChI is InChI=1S/C16H19F6N3O2/c1-10(15(17,18)19)27-12-8-11(2-6-23-12)9-25-13(26)24-7-5-14(3-4-14)16(20,21)22/h2,6,8,10H,3-5,7,9H2,1H3,(H2,24,25,26)/t10-/m1/s1. The Morgan fingerprint density at radius 3 is 2.48 bits per heavy atom. The summed E-state index contributed by atoms with van der Waals surface area (Å²) in [5.41, 5.74) is -1.26. The number of alkyl halides is 6. The van der Waals surface area contributed by atoms with E-state index in [-0.39, 0.29) is 38.2 Å². The van der Waals surface area contributed by atoms with E-state index in [0.717, 1.165) is 6.92 Å². The molecule has 1 aromatic heterocycles. The number of nitrogens with one attached hydrogen (secondary N) is 2. The van der Waals surface area contributed by atoms with Crippen LogP contribution < -0.4 is 15.4 Å². The number of ether oxygens (including phenoxy) is 1. The van der Waals surface area contributed by atoms with E-state index in [1.54, 1.807) is 0 Å². The van der Waals surface area contributed by atoms with Crippen LogP contribution in [0.15, 0.2) is 18.3 Å². The van der Waals surface area contributed by atoms with Crippen LogP contribution in [0.4, 0.5) is 31.1 Å². The predicted octanol–water partition coefficient (Wildman–Crippen LogP) is 3.94. The quantitative estimate of drug-likeness (QED) is 0.683. The van der Waals surface area contributed by atoms with Gasteiger partial charge in [-0.25, -0.2) is 9.78 Å². The fourth-order valence-electron chi connectivity index (χ4n) is 2.36. The van der Waals surface area contributed by atoms with E-state index in [9.17, 15) is 31.1 Å². The van der Waals surface area contributed by atoms with Gasteiger partial charge in [-0.15, -0.1) is 0 Å². The number of rotatable bonds is 7. The molecule has 0 saturated heterocycles. The molecule has 1 aliphatic rings. The Balaban J connectivity index is 1.76. The van der Waals surface area contributed by atoms with Gasteiger partial charge in [0.15, 0.2) is 6.10 Å². The molecule has 11 heteroatoms. The van der Waals surface area contributed by atoms with Gasteiger partial charge in [-0.05, 0) is 37.8 Å². The number of carbonyl (C=O) groups is 1. The van der Waals surface area contributed by atoms with Crippen molar-refractivity contribution in [2.75, 3.05) is 6.54 Å². The van der Waals surface area contributed by atoms with E-state index in [2.05, 4.69) is 15.6 Å². The molecule has 152 valence electrons. The van der Waals surface area contributed by atoms with Crippen LogP contribution in [0.5, 0.6) is 5.88 Å². The van der Waals surface area contributed by atoms with E-state index >= 15 is 0 Å². The maximum absolute atomic E-state index is 12.8. The average Bonchev–Trinajstić information content (AvgIpc) is 3.33. The highest BCUT2D eigenvalue weighted by molar-refractivity contribution is 5.73. The molecule has 0 unspecified atom stereocenters. The second-order valence-electron chi connectivity index (χ2n) is 6.44. The van der Waals surface area contributed by atoms with Gasteiger partial charge in [-0.3, -0.25) is 0 Å². The van der Waals surface area contributed by atoms with Gasteiger partial charge in [0.05, 0.1) is 5.41 Å². The third-order valence-electron chi connectivity index (χ3n) is 4.35. The number of urea groups is 1. The lowest BCUT2D eigenvalue weighted by Gasteiger charge is -2.19. The van der Waals surface area contributed by atoms with E-state index in [0.29, 0.717) is 5.56 Å². The van der Waals surface area contributed by atoms with Gasteiger partial charge in [0.1, 0.15) is 0 Å². The third kappa shape index (κ3) is 5.90. The minimum Gasteiger partial charge on any atom is -0.465 e. The molecule has 0 radical (unpaired) electrons. The molecule has 0 aliphatic heterocycles. The summed E-state index contributed by atoms with van der Waals surface area (Å²) in [6, 6.07) is 2.04. The largest absolute Gasteiger partial charge is 0.465 e. The van der Waals surface area contributed by atoms with Crippen molar-refractivity contribution in [3.05, 3.63) is 23.9 Å². The van der Waals surface area contributed by atoms with E-state index in [1.807, 2.05) is 0 Å². The molecule has 1 heterocycles. The van der Waals surface area contributed by atoms with Gasteiger partial charge in [-0.2, -0.15) is 26.3 Å². The molecule has 27 heavy (non-hydrogen) atoms.